The second-order valence-electron chi connectivity index (χ2n) is 5.88. The number of halogens is 2. The van der Waals surface area contributed by atoms with Gasteiger partial charge in [-0.15, -0.1) is 11.3 Å². The van der Waals surface area contributed by atoms with Crippen molar-refractivity contribution in [1.29, 1.82) is 5.26 Å². The summed E-state index contributed by atoms with van der Waals surface area (Å²) in [5.41, 5.74) is 1.55. The van der Waals surface area contributed by atoms with Gasteiger partial charge in [0.2, 0.25) is 0 Å². The molecular formula is C20H11F2N3OS. The SMILES string of the molecule is N#Cc1sc2c(c1Nc1ccc(F)cc1F)N=CC(=O)C2c1ccccc1. The fourth-order valence-electron chi connectivity index (χ4n) is 2.98. The average molecular weight is 379 g/mol. The summed E-state index contributed by atoms with van der Waals surface area (Å²) in [7, 11) is 0. The van der Waals surface area contributed by atoms with Gasteiger partial charge in [-0.3, -0.25) is 4.79 Å². The van der Waals surface area contributed by atoms with E-state index in [9.17, 15) is 18.8 Å². The van der Waals surface area contributed by atoms with Crippen LogP contribution in [0.1, 0.15) is 21.2 Å². The van der Waals surface area contributed by atoms with E-state index in [0.29, 0.717) is 16.3 Å². The first kappa shape index (κ1) is 17.1. The lowest BCUT2D eigenvalue weighted by molar-refractivity contribution is -0.113. The molecular weight excluding hydrogens is 368 g/mol. The van der Waals surface area contributed by atoms with Gasteiger partial charge in [0.25, 0.3) is 0 Å². The number of thiophene rings is 1. The molecule has 1 atom stereocenters. The number of aliphatic imine (C=N–C) groups is 1. The zero-order chi connectivity index (χ0) is 19.0. The molecule has 1 N–H and O–H groups in total. The van der Waals surface area contributed by atoms with E-state index in [1.54, 1.807) is 0 Å². The number of carbonyl (C=O) groups excluding carboxylic acids is 1. The Hall–Kier alpha value is -3.37. The number of ketones is 1. The van der Waals surface area contributed by atoms with Gasteiger partial charge in [0.15, 0.2) is 5.78 Å². The highest BCUT2D eigenvalue weighted by Gasteiger charge is 2.32. The number of nitrogens with zero attached hydrogens (tertiary/aromatic N) is 2. The van der Waals surface area contributed by atoms with Crippen LogP contribution < -0.4 is 5.32 Å². The van der Waals surface area contributed by atoms with E-state index < -0.39 is 17.6 Å². The van der Waals surface area contributed by atoms with Crippen LogP contribution in [0.25, 0.3) is 0 Å². The van der Waals surface area contributed by atoms with Crippen molar-refractivity contribution >= 4 is 40.4 Å². The Balaban J connectivity index is 1.83. The molecule has 0 fully saturated rings. The maximum atomic E-state index is 14.0. The van der Waals surface area contributed by atoms with Crippen molar-refractivity contribution in [3.63, 3.8) is 0 Å². The van der Waals surface area contributed by atoms with Gasteiger partial charge < -0.3 is 5.32 Å². The number of benzene rings is 2. The van der Waals surface area contributed by atoms with Crippen LogP contribution >= 0.6 is 11.3 Å². The molecule has 4 rings (SSSR count). The minimum atomic E-state index is -0.783. The van der Waals surface area contributed by atoms with Crippen LogP contribution in [0.4, 0.5) is 25.8 Å². The van der Waals surface area contributed by atoms with Crippen LogP contribution in [0.2, 0.25) is 0 Å². The third-order valence-corrected chi connectivity index (χ3v) is 5.35. The Morgan fingerprint density at radius 1 is 1.15 bits per heavy atom. The largest absolute Gasteiger partial charge is 0.350 e. The van der Waals surface area contributed by atoms with E-state index in [2.05, 4.69) is 16.4 Å². The third kappa shape index (κ3) is 3.00. The first-order valence-electron chi connectivity index (χ1n) is 8.00. The number of anilines is 2. The molecule has 1 aromatic heterocycles. The number of Topliss-reactive ketones (excluding diaryl/α,β-unsaturated/α-hetero) is 1. The van der Waals surface area contributed by atoms with E-state index in [1.807, 2.05) is 30.3 Å². The molecule has 4 nitrogen and oxygen atoms in total. The van der Waals surface area contributed by atoms with Gasteiger partial charge in [-0.25, -0.2) is 13.8 Å². The molecule has 0 aliphatic carbocycles. The number of rotatable bonds is 3. The molecule has 132 valence electrons. The molecule has 0 saturated carbocycles. The summed E-state index contributed by atoms with van der Waals surface area (Å²) in [6.45, 7) is 0. The lowest BCUT2D eigenvalue weighted by atomic mass is 9.91. The van der Waals surface area contributed by atoms with Gasteiger partial charge in [-0.05, 0) is 17.7 Å². The summed E-state index contributed by atoms with van der Waals surface area (Å²) in [6.07, 6.45) is 1.22. The number of hydrogen-bond donors (Lipinski definition) is 1. The van der Waals surface area contributed by atoms with Crippen LogP contribution in [0.3, 0.4) is 0 Å². The maximum Gasteiger partial charge on any atom is 0.186 e. The molecule has 0 spiro atoms. The van der Waals surface area contributed by atoms with Gasteiger partial charge in [-0.1, -0.05) is 30.3 Å². The molecule has 0 saturated heterocycles. The lowest BCUT2D eigenvalue weighted by Crippen LogP contribution is -2.17. The Bertz CT molecular complexity index is 1120. The highest BCUT2D eigenvalue weighted by Crippen LogP contribution is 2.48. The summed E-state index contributed by atoms with van der Waals surface area (Å²) in [4.78, 5) is 17.6. The zero-order valence-corrected chi connectivity index (χ0v) is 14.6. The fraction of sp³-hybridized carbons (Fsp3) is 0.0500. The highest BCUT2D eigenvalue weighted by atomic mass is 32.1. The molecule has 0 radical (unpaired) electrons. The van der Waals surface area contributed by atoms with Crippen molar-refractivity contribution in [3.05, 3.63) is 75.5 Å². The van der Waals surface area contributed by atoms with E-state index in [0.717, 1.165) is 29.0 Å². The van der Waals surface area contributed by atoms with Crippen molar-refractivity contribution in [3.8, 4) is 6.07 Å². The minimum absolute atomic E-state index is 0.0249. The summed E-state index contributed by atoms with van der Waals surface area (Å²) in [5, 5.41) is 12.3. The van der Waals surface area contributed by atoms with Crippen LogP contribution in [-0.2, 0) is 4.79 Å². The molecule has 7 heteroatoms. The first-order chi connectivity index (χ1) is 13.1. The fourth-order valence-corrected chi connectivity index (χ4v) is 4.11. The molecule has 2 aromatic carbocycles. The average Bonchev–Trinajstić information content (AvgIpc) is 3.02. The number of nitrogens with one attached hydrogen (secondary N) is 1. The Labute approximate surface area is 157 Å². The molecule has 1 aliphatic rings. The van der Waals surface area contributed by atoms with E-state index in [-0.39, 0.29) is 16.3 Å². The van der Waals surface area contributed by atoms with Crippen molar-refractivity contribution in [2.24, 2.45) is 4.99 Å². The summed E-state index contributed by atoms with van der Waals surface area (Å²) in [6, 6.07) is 14.4. The maximum absolute atomic E-state index is 14.0. The topological polar surface area (TPSA) is 65.2 Å². The van der Waals surface area contributed by atoms with Crippen molar-refractivity contribution in [2.45, 2.75) is 5.92 Å². The van der Waals surface area contributed by atoms with Crippen LogP contribution in [0, 0.1) is 23.0 Å². The third-order valence-electron chi connectivity index (χ3n) is 4.20. The van der Waals surface area contributed by atoms with Gasteiger partial charge in [0.1, 0.15) is 28.3 Å². The smallest absolute Gasteiger partial charge is 0.186 e. The van der Waals surface area contributed by atoms with Crippen LogP contribution in [0.5, 0.6) is 0 Å². The minimum Gasteiger partial charge on any atom is -0.350 e. The Morgan fingerprint density at radius 2 is 1.93 bits per heavy atom. The quantitative estimate of drug-likeness (QED) is 0.692. The molecule has 2 heterocycles. The molecule has 3 aromatic rings. The monoisotopic (exact) mass is 379 g/mol. The highest BCUT2D eigenvalue weighted by molar-refractivity contribution is 7.14. The van der Waals surface area contributed by atoms with Crippen molar-refractivity contribution in [1.82, 2.24) is 0 Å². The normalized spacial score (nSPS) is 15.3. The molecule has 1 aliphatic heterocycles. The van der Waals surface area contributed by atoms with Gasteiger partial charge in [0, 0.05) is 10.9 Å². The van der Waals surface area contributed by atoms with Crippen LogP contribution in [0.15, 0.2) is 53.5 Å². The van der Waals surface area contributed by atoms with Crippen molar-refractivity contribution < 1.29 is 13.6 Å². The zero-order valence-electron chi connectivity index (χ0n) is 13.7. The Kier molecular flexibility index (Phi) is 4.26. The van der Waals surface area contributed by atoms with E-state index in [4.69, 9.17) is 0 Å². The lowest BCUT2D eigenvalue weighted by Gasteiger charge is -2.17. The number of fused-ring (bicyclic) bond motifs is 1. The first-order valence-corrected chi connectivity index (χ1v) is 8.82. The van der Waals surface area contributed by atoms with E-state index >= 15 is 0 Å². The molecule has 0 bridgehead atoms. The number of carbonyl (C=O) groups is 1. The Morgan fingerprint density at radius 3 is 2.63 bits per heavy atom. The predicted octanol–water partition coefficient (Wildman–Crippen LogP) is 5.06. The van der Waals surface area contributed by atoms with Gasteiger partial charge >= 0.3 is 0 Å². The van der Waals surface area contributed by atoms with Gasteiger partial charge in [0.05, 0.1) is 23.5 Å². The molecule has 27 heavy (non-hydrogen) atoms. The van der Waals surface area contributed by atoms with Crippen molar-refractivity contribution in [2.75, 3.05) is 5.32 Å². The van der Waals surface area contributed by atoms with E-state index in [1.165, 1.54) is 12.3 Å². The summed E-state index contributed by atoms with van der Waals surface area (Å²) < 4.78 is 27.2. The molecule has 1 unspecified atom stereocenters. The molecule has 0 amide bonds. The number of nitriles is 1. The summed E-state index contributed by atoms with van der Waals surface area (Å²) >= 11 is 1.14. The second-order valence-corrected chi connectivity index (χ2v) is 6.94. The van der Waals surface area contributed by atoms with Gasteiger partial charge in [-0.2, -0.15) is 5.26 Å². The second kappa shape index (κ2) is 6.74. The standard InChI is InChI=1S/C20H11F2N3OS/c21-12-6-7-14(13(22)8-12)25-18-16(9-23)27-20-17(11-4-2-1-3-5-11)15(26)10-24-19(18)20/h1-8,10,17,25H. The summed E-state index contributed by atoms with van der Waals surface area (Å²) in [5.74, 6) is -2.23. The predicted molar refractivity (Wildman–Crippen MR) is 100 cm³/mol. The van der Waals surface area contributed by atoms with Crippen LogP contribution in [-0.4, -0.2) is 12.0 Å². The number of hydrogen-bond acceptors (Lipinski definition) is 5.